The van der Waals surface area contributed by atoms with Gasteiger partial charge < -0.3 is 24.4 Å². The van der Waals surface area contributed by atoms with Crippen LogP contribution < -0.4 is 24.4 Å². The molecule has 1 aliphatic heterocycles. The predicted molar refractivity (Wildman–Crippen MR) is 109 cm³/mol. The number of nitrogens with one attached hydrogen (secondary N) is 2. The van der Waals surface area contributed by atoms with E-state index in [-0.39, 0.29) is 11.9 Å². The van der Waals surface area contributed by atoms with Crippen LogP contribution in [0.1, 0.15) is 24.4 Å². The van der Waals surface area contributed by atoms with Gasteiger partial charge >= 0.3 is 0 Å². The van der Waals surface area contributed by atoms with E-state index in [1.165, 1.54) is 4.90 Å². The Morgan fingerprint density at radius 1 is 1.11 bits per heavy atom. The lowest BCUT2D eigenvalue weighted by Crippen LogP contribution is -3.11. The molecule has 1 saturated heterocycles. The molecule has 2 aromatic rings. The number of hydrogen-bond donors (Lipinski definition) is 2. The first-order valence-corrected chi connectivity index (χ1v) is 9.63. The molecule has 150 valence electrons. The number of methoxy groups -OCH3 is 3. The maximum absolute atomic E-state index is 12.6. The normalized spacial score (nSPS) is 18.6. The molecule has 7 heteroatoms. The van der Waals surface area contributed by atoms with E-state index in [4.69, 9.17) is 25.8 Å². The molecule has 6 nitrogen and oxygen atoms in total. The maximum atomic E-state index is 12.6. The molecule has 28 heavy (non-hydrogen) atoms. The van der Waals surface area contributed by atoms with E-state index >= 15 is 0 Å². The van der Waals surface area contributed by atoms with Crippen molar-refractivity contribution in [2.24, 2.45) is 0 Å². The third-order valence-corrected chi connectivity index (χ3v) is 5.41. The van der Waals surface area contributed by atoms with Crippen LogP contribution in [0.2, 0.25) is 5.02 Å². The van der Waals surface area contributed by atoms with E-state index in [1.807, 2.05) is 18.2 Å². The van der Waals surface area contributed by atoms with E-state index in [2.05, 4.69) is 5.32 Å². The summed E-state index contributed by atoms with van der Waals surface area (Å²) < 4.78 is 16.1. The van der Waals surface area contributed by atoms with Crippen LogP contribution in [0.15, 0.2) is 36.4 Å². The van der Waals surface area contributed by atoms with Crippen molar-refractivity contribution in [3.8, 4) is 17.2 Å². The number of carbonyl (C=O) groups excluding carboxylic acids is 1. The summed E-state index contributed by atoms with van der Waals surface area (Å²) in [4.78, 5) is 13.8. The summed E-state index contributed by atoms with van der Waals surface area (Å²) in [7, 11) is 4.88. The Morgan fingerprint density at radius 3 is 2.54 bits per heavy atom. The quantitative estimate of drug-likeness (QED) is 0.743. The molecule has 0 aromatic heterocycles. The van der Waals surface area contributed by atoms with E-state index in [1.54, 1.807) is 39.5 Å². The highest BCUT2D eigenvalue weighted by molar-refractivity contribution is 6.32. The summed E-state index contributed by atoms with van der Waals surface area (Å²) in [5, 5.41) is 3.39. The lowest BCUT2D eigenvalue weighted by atomic mass is 10.0. The fourth-order valence-corrected chi connectivity index (χ4v) is 4.02. The summed E-state index contributed by atoms with van der Waals surface area (Å²) in [5.74, 6) is 2.15. The van der Waals surface area contributed by atoms with Crippen LogP contribution in [-0.4, -0.2) is 40.3 Å². The van der Waals surface area contributed by atoms with E-state index in [0.29, 0.717) is 23.0 Å². The monoisotopic (exact) mass is 405 g/mol. The molecule has 0 saturated carbocycles. The molecule has 2 N–H and O–H groups in total. The van der Waals surface area contributed by atoms with E-state index in [0.717, 1.165) is 36.4 Å². The maximum Gasteiger partial charge on any atom is 0.279 e. The second-order valence-corrected chi connectivity index (χ2v) is 7.19. The summed E-state index contributed by atoms with van der Waals surface area (Å²) in [6.45, 7) is 1.30. The molecule has 0 spiro atoms. The Hall–Kier alpha value is -2.44. The van der Waals surface area contributed by atoms with Gasteiger partial charge in [0.05, 0.1) is 38.5 Å². The van der Waals surface area contributed by atoms with Crippen LogP contribution in [0.25, 0.3) is 0 Å². The van der Waals surface area contributed by atoms with Gasteiger partial charge in [0, 0.05) is 18.5 Å². The van der Waals surface area contributed by atoms with Crippen molar-refractivity contribution in [3.63, 3.8) is 0 Å². The van der Waals surface area contributed by atoms with Gasteiger partial charge in [-0.15, -0.1) is 0 Å². The van der Waals surface area contributed by atoms with Crippen molar-refractivity contribution in [1.29, 1.82) is 0 Å². The second-order valence-electron chi connectivity index (χ2n) is 6.79. The number of likely N-dealkylation sites (tertiary alicyclic amines) is 1. The van der Waals surface area contributed by atoms with Crippen molar-refractivity contribution in [1.82, 2.24) is 0 Å². The number of carbonyl (C=O) groups is 1. The molecule has 0 radical (unpaired) electrons. The van der Waals surface area contributed by atoms with Gasteiger partial charge in [0.2, 0.25) is 0 Å². The fraction of sp³-hybridized carbons (Fsp3) is 0.381. The minimum atomic E-state index is -0.0509. The summed E-state index contributed by atoms with van der Waals surface area (Å²) in [5.41, 5.74) is 1.74. The van der Waals surface area contributed by atoms with Gasteiger partial charge in [0.25, 0.3) is 5.91 Å². The van der Waals surface area contributed by atoms with Gasteiger partial charge in [-0.3, -0.25) is 4.79 Å². The Labute approximate surface area is 170 Å². The molecule has 1 unspecified atom stereocenters. The lowest BCUT2D eigenvalue weighted by Gasteiger charge is -2.23. The zero-order valence-electron chi connectivity index (χ0n) is 16.4. The molecule has 0 aliphatic carbocycles. The third kappa shape index (κ3) is 4.51. The summed E-state index contributed by atoms with van der Waals surface area (Å²) in [6, 6.07) is 11.2. The Bertz CT molecular complexity index is 843. The Kier molecular flexibility index (Phi) is 6.65. The molecule has 2 atom stereocenters. The number of rotatable bonds is 7. The van der Waals surface area contributed by atoms with Gasteiger partial charge in [-0.25, -0.2) is 0 Å². The standard InChI is InChI=1S/C21H25ClN2O4/c1-26-15-7-9-19(27-2)16(12-15)18-5-4-10-24(18)13-21(25)23-14-6-8-20(28-3)17(22)11-14/h6-9,11-12,18H,4-5,10,13H2,1-3H3,(H,23,25)/p+1/t18-/m1/s1. The highest BCUT2D eigenvalue weighted by Crippen LogP contribution is 2.32. The second kappa shape index (κ2) is 9.17. The van der Waals surface area contributed by atoms with Crippen molar-refractivity contribution in [2.45, 2.75) is 18.9 Å². The lowest BCUT2D eigenvalue weighted by molar-refractivity contribution is -0.910. The van der Waals surface area contributed by atoms with Crippen LogP contribution in [0.3, 0.4) is 0 Å². The van der Waals surface area contributed by atoms with Crippen LogP contribution in [0.5, 0.6) is 17.2 Å². The molecular formula is C21H26ClN2O4+. The highest BCUT2D eigenvalue weighted by atomic mass is 35.5. The topological polar surface area (TPSA) is 61.2 Å². The third-order valence-electron chi connectivity index (χ3n) is 5.12. The highest BCUT2D eigenvalue weighted by Gasteiger charge is 2.34. The van der Waals surface area contributed by atoms with E-state index in [9.17, 15) is 4.79 Å². The first-order chi connectivity index (χ1) is 13.5. The van der Waals surface area contributed by atoms with Gasteiger partial charge in [-0.05, 0) is 36.4 Å². The van der Waals surface area contributed by atoms with Gasteiger partial charge in [0.1, 0.15) is 23.3 Å². The smallest absolute Gasteiger partial charge is 0.279 e. The number of anilines is 1. The van der Waals surface area contributed by atoms with Crippen molar-refractivity contribution in [3.05, 3.63) is 47.0 Å². The number of hydrogen-bond acceptors (Lipinski definition) is 4. The van der Waals surface area contributed by atoms with Crippen molar-refractivity contribution < 1.29 is 23.9 Å². The minimum absolute atomic E-state index is 0.0509. The molecular weight excluding hydrogens is 380 g/mol. The number of ether oxygens (including phenoxy) is 3. The molecule has 2 aromatic carbocycles. The summed E-state index contributed by atoms with van der Waals surface area (Å²) >= 11 is 6.14. The molecule has 1 heterocycles. The molecule has 1 fully saturated rings. The van der Waals surface area contributed by atoms with Crippen molar-refractivity contribution >= 4 is 23.2 Å². The number of amides is 1. The fourth-order valence-electron chi connectivity index (χ4n) is 3.77. The van der Waals surface area contributed by atoms with Crippen LogP contribution >= 0.6 is 11.6 Å². The predicted octanol–water partition coefficient (Wildman–Crippen LogP) is 2.72. The first-order valence-electron chi connectivity index (χ1n) is 9.25. The average Bonchev–Trinajstić information content (AvgIpc) is 3.15. The molecule has 0 bridgehead atoms. The number of benzene rings is 2. The zero-order chi connectivity index (χ0) is 20.1. The molecule has 1 amide bonds. The van der Waals surface area contributed by atoms with Crippen LogP contribution in [-0.2, 0) is 4.79 Å². The van der Waals surface area contributed by atoms with Crippen LogP contribution in [0, 0.1) is 0 Å². The van der Waals surface area contributed by atoms with Gasteiger partial charge in [0.15, 0.2) is 6.54 Å². The van der Waals surface area contributed by atoms with Crippen molar-refractivity contribution in [2.75, 3.05) is 39.7 Å². The minimum Gasteiger partial charge on any atom is -0.497 e. The largest absolute Gasteiger partial charge is 0.497 e. The zero-order valence-corrected chi connectivity index (χ0v) is 17.1. The number of halogens is 1. The van der Waals surface area contributed by atoms with Gasteiger partial charge in [-0.2, -0.15) is 0 Å². The summed E-state index contributed by atoms with van der Waals surface area (Å²) in [6.07, 6.45) is 2.06. The van der Waals surface area contributed by atoms with Gasteiger partial charge in [-0.1, -0.05) is 11.6 Å². The first kappa shape index (κ1) is 20.3. The molecule has 1 aliphatic rings. The van der Waals surface area contributed by atoms with E-state index < -0.39 is 0 Å². The number of quaternary nitrogens is 1. The Morgan fingerprint density at radius 2 is 1.86 bits per heavy atom. The Balaban J connectivity index is 1.71. The average molecular weight is 406 g/mol. The van der Waals surface area contributed by atoms with Crippen LogP contribution in [0.4, 0.5) is 5.69 Å². The molecule has 3 rings (SSSR count). The SMILES string of the molecule is COc1ccc(OC)c([C@H]2CCC[NH+]2CC(=O)Nc2ccc(OC)c(Cl)c2)c1.